The first-order valence-corrected chi connectivity index (χ1v) is 19.2. The van der Waals surface area contributed by atoms with Crippen molar-refractivity contribution in [1.29, 1.82) is 0 Å². The van der Waals surface area contributed by atoms with E-state index in [0.29, 0.717) is 31.7 Å². The van der Waals surface area contributed by atoms with Gasteiger partial charge in [-0.3, -0.25) is 4.90 Å². The molecule has 0 aliphatic carbocycles. The Bertz CT molecular complexity index is 1690. The van der Waals surface area contributed by atoms with Gasteiger partial charge in [0.05, 0.1) is 23.8 Å². The van der Waals surface area contributed by atoms with Crippen LogP contribution < -0.4 is 9.47 Å². The van der Waals surface area contributed by atoms with Crippen molar-refractivity contribution in [3.8, 4) is 11.5 Å². The smallest absolute Gasteiger partial charge is 0.417 e. The van der Waals surface area contributed by atoms with Gasteiger partial charge in [0.15, 0.2) is 0 Å². The highest BCUT2D eigenvalue weighted by Gasteiger charge is 2.34. The lowest BCUT2D eigenvalue weighted by Crippen LogP contribution is -2.31. The first kappa shape index (κ1) is 40.0. The van der Waals surface area contributed by atoms with Gasteiger partial charge in [0.25, 0.3) is 0 Å². The molecule has 0 amide bonds. The average Bonchev–Trinajstić information content (AvgIpc) is 3.10. The molecule has 264 valence electrons. The largest absolute Gasteiger partial charge is 0.494 e. The van der Waals surface area contributed by atoms with E-state index in [4.69, 9.17) is 21.1 Å². The van der Waals surface area contributed by atoms with Crippen LogP contribution in [0.2, 0.25) is 5.02 Å². The predicted molar refractivity (Wildman–Crippen MR) is 209 cm³/mol. The van der Waals surface area contributed by atoms with Crippen LogP contribution in [-0.4, -0.2) is 36.5 Å². The van der Waals surface area contributed by atoms with Crippen molar-refractivity contribution in [1.82, 2.24) is 4.90 Å². The SMILES string of the molecule is BrCCCOc1cccc(Br)c1.FC(F)(F)c1cccc(CN(CCCOc2cccc(Br)c2)CC(c2ccccc2)c2ccccc2)c1Cl. The molecule has 0 aliphatic heterocycles. The number of alkyl halides is 4. The van der Waals surface area contributed by atoms with E-state index < -0.39 is 11.7 Å². The van der Waals surface area contributed by atoms with Crippen LogP contribution in [-0.2, 0) is 12.7 Å². The van der Waals surface area contributed by atoms with Crippen LogP contribution in [0.4, 0.5) is 13.2 Å². The molecule has 0 saturated carbocycles. The van der Waals surface area contributed by atoms with Crippen LogP contribution in [0.5, 0.6) is 11.5 Å². The van der Waals surface area contributed by atoms with Crippen LogP contribution in [0.25, 0.3) is 0 Å². The Labute approximate surface area is 323 Å². The fourth-order valence-electron chi connectivity index (χ4n) is 5.27. The highest BCUT2D eigenvalue weighted by atomic mass is 79.9. The molecule has 0 aliphatic rings. The van der Waals surface area contributed by atoms with Gasteiger partial charge in [-0.05, 0) is 72.0 Å². The zero-order valence-electron chi connectivity index (χ0n) is 27.3. The molecule has 0 aromatic heterocycles. The number of ether oxygens (including phenoxy) is 2. The predicted octanol–water partition coefficient (Wildman–Crippen LogP) is 12.8. The molecule has 0 saturated heterocycles. The Balaban J connectivity index is 0.000000396. The molecule has 5 aromatic carbocycles. The maximum Gasteiger partial charge on any atom is 0.417 e. The minimum Gasteiger partial charge on any atom is -0.494 e. The van der Waals surface area contributed by atoms with Crippen molar-refractivity contribution in [2.75, 3.05) is 31.6 Å². The molecule has 0 spiro atoms. The lowest BCUT2D eigenvalue weighted by atomic mass is 9.90. The van der Waals surface area contributed by atoms with Crippen LogP contribution in [0.1, 0.15) is 41.0 Å². The summed E-state index contributed by atoms with van der Waals surface area (Å²) < 4.78 is 54.0. The summed E-state index contributed by atoms with van der Waals surface area (Å²) in [5.74, 6) is 1.72. The second kappa shape index (κ2) is 20.9. The van der Waals surface area contributed by atoms with Crippen molar-refractivity contribution < 1.29 is 22.6 Å². The van der Waals surface area contributed by atoms with E-state index in [2.05, 4.69) is 77.0 Å². The van der Waals surface area contributed by atoms with Crippen molar-refractivity contribution in [2.45, 2.75) is 31.5 Å². The minimum atomic E-state index is -4.51. The molecule has 50 heavy (non-hydrogen) atoms. The number of halogens is 7. The monoisotopic (exact) mass is 893 g/mol. The van der Waals surface area contributed by atoms with E-state index >= 15 is 0 Å². The van der Waals surface area contributed by atoms with Crippen LogP contribution in [0.15, 0.2) is 136 Å². The molecule has 10 heteroatoms. The summed E-state index contributed by atoms with van der Waals surface area (Å²) in [7, 11) is 0. The average molecular weight is 897 g/mol. The number of nitrogens with zero attached hydrogens (tertiary/aromatic N) is 1. The zero-order chi connectivity index (χ0) is 35.8. The second-order valence-electron chi connectivity index (χ2n) is 11.4. The Morgan fingerprint density at radius 1 is 0.660 bits per heavy atom. The van der Waals surface area contributed by atoms with Crippen molar-refractivity contribution >= 4 is 59.4 Å². The summed E-state index contributed by atoms with van der Waals surface area (Å²) in [6, 6.07) is 39.9. The summed E-state index contributed by atoms with van der Waals surface area (Å²) in [4.78, 5) is 2.16. The van der Waals surface area contributed by atoms with Gasteiger partial charge in [-0.1, -0.05) is 144 Å². The summed E-state index contributed by atoms with van der Waals surface area (Å²) in [5.41, 5.74) is 1.93. The quantitative estimate of drug-likeness (QED) is 0.0772. The van der Waals surface area contributed by atoms with E-state index in [9.17, 15) is 13.2 Å². The summed E-state index contributed by atoms with van der Waals surface area (Å²) >= 11 is 16.5. The molecule has 0 heterocycles. The Morgan fingerprint density at radius 2 is 1.18 bits per heavy atom. The number of rotatable bonds is 15. The van der Waals surface area contributed by atoms with Gasteiger partial charge in [-0.2, -0.15) is 13.2 Å². The zero-order valence-corrected chi connectivity index (χ0v) is 32.8. The summed E-state index contributed by atoms with van der Waals surface area (Å²) in [6.07, 6.45) is -2.78. The van der Waals surface area contributed by atoms with Crippen molar-refractivity contribution in [3.05, 3.63) is 164 Å². The standard InChI is InChI=1S/C31H28BrClF3NO.C9H10Br2O/c32-26-15-8-16-27(20-26)38-19-9-18-37(21-25-14-7-17-29(30(25)33)31(34,35)36)22-28(23-10-3-1-4-11-23)24-12-5-2-6-13-24;10-5-2-6-12-9-4-1-3-8(11)7-9/h1-8,10-17,20,28H,9,18-19,21-22H2;1,3-4,7H,2,5-6H2. The van der Waals surface area contributed by atoms with E-state index in [1.54, 1.807) is 6.07 Å². The van der Waals surface area contributed by atoms with E-state index in [0.717, 1.165) is 56.0 Å². The maximum absolute atomic E-state index is 13.5. The highest BCUT2D eigenvalue weighted by molar-refractivity contribution is 9.10. The van der Waals surface area contributed by atoms with Gasteiger partial charge < -0.3 is 9.47 Å². The number of hydrogen-bond donors (Lipinski definition) is 0. The molecule has 0 fully saturated rings. The molecular weight excluding hydrogens is 859 g/mol. The third-order valence-electron chi connectivity index (χ3n) is 7.65. The normalized spacial score (nSPS) is 11.3. The molecule has 5 rings (SSSR count). The summed E-state index contributed by atoms with van der Waals surface area (Å²) in [6.45, 7) is 2.76. The Kier molecular flexibility index (Phi) is 16.7. The van der Waals surface area contributed by atoms with Crippen LogP contribution in [0.3, 0.4) is 0 Å². The van der Waals surface area contributed by atoms with Gasteiger partial charge in [-0.25, -0.2) is 0 Å². The number of benzene rings is 5. The van der Waals surface area contributed by atoms with Gasteiger partial charge in [0, 0.05) is 39.8 Å². The molecule has 0 radical (unpaired) electrons. The van der Waals surface area contributed by atoms with E-state index in [1.807, 2.05) is 84.9 Å². The maximum atomic E-state index is 13.5. The van der Waals surface area contributed by atoms with Crippen molar-refractivity contribution in [3.63, 3.8) is 0 Å². The molecule has 3 nitrogen and oxygen atoms in total. The molecular formula is C40H38Br3ClF3NO2. The summed E-state index contributed by atoms with van der Waals surface area (Å²) in [5, 5.41) is 0.743. The molecule has 0 unspecified atom stereocenters. The first-order chi connectivity index (χ1) is 24.1. The van der Waals surface area contributed by atoms with Crippen LogP contribution in [0, 0.1) is 0 Å². The van der Waals surface area contributed by atoms with Gasteiger partial charge in [0.1, 0.15) is 11.5 Å². The Hall–Kier alpha value is -2.82. The lowest BCUT2D eigenvalue weighted by Gasteiger charge is -2.29. The van der Waals surface area contributed by atoms with E-state index in [-0.39, 0.29) is 17.5 Å². The highest BCUT2D eigenvalue weighted by Crippen LogP contribution is 2.37. The van der Waals surface area contributed by atoms with Gasteiger partial charge >= 0.3 is 6.18 Å². The lowest BCUT2D eigenvalue weighted by molar-refractivity contribution is -0.137. The van der Waals surface area contributed by atoms with Crippen molar-refractivity contribution in [2.24, 2.45) is 0 Å². The van der Waals surface area contributed by atoms with Crippen LogP contribution >= 0.6 is 59.4 Å². The molecule has 0 N–H and O–H groups in total. The molecule has 0 atom stereocenters. The topological polar surface area (TPSA) is 21.7 Å². The van der Waals surface area contributed by atoms with Gasteiger partial charge in [0.2, 0.25) is 0 Å². The van der Waals surface area contributed by atoms with E-state index in [1.165, 1.54) is 6.07 Å². The third kappa shape index (κ3) is 13.4. The minimum absolute atomic E-state index is 0.0352. The fourth-order valence-corrected chi connectivity index (χ4v) is 6.54. The third-order valence-corrected chi connectivity index (χ3v) is 9.64. The molecule has 5 aromatic rings. The fraction of sp³-hybridized carbons (Fsp3) is 0.250. The molecule has 0 bridgehead atoms. The number of hydrogen-bond acceptors (Lipinski definition) is 3. The second-order valence-corrected chi connectivity index (χ2v) is 14.4. The van der Waals surface area contributed by atoms with Gasteiger partial charge in [-0.15, -0.1) is 0 Å². The first-order valence-electron chi connectivity index (χ1n) is 16.1. The Morgan fingerprint density at radius 3 is 1.68 bits per heavy atom.